The van der Waals surface area contributed by atoms with E-state index < -0.39 is 0 Å². The summed E-state index contributed by atoms with van der Waals surface area (Å²) in [6, 6.07) is 2.07. The van der Waals surface area contributed by atoms with Gasteiger partial charge in [-0.3, -0.25) is 0 Å². The first-order chi connectivity index (χ1) is 9.74. The van der Waals surface area contributed by atoms with Gasteiger partial charge in [-0.1, -0.05) is 12.2 Å². The minimum absolute atomic E-state index is 0.370. The minimum Gasteiger partial charge on any atom is -0.477 e. The summed E-state index contributed by atoms with van der Waals surface area (Å²) in [6.45, 7) is 2.33. The molecule has 1 aliphatic heterocycles. The van der Waals surface area contributed by atoms with Crippen molar-refractivity contribution in [3.8, 4) is 5.88 Å². The van der Waals surface area contributed by atoms with Crippen LogP contribution in [0.15, 0.2) is 6.07 Å². The number of thiocarbonyl (C=S) groups is 1. The van der Waals surface area contributed by atoms with Crippen molar-refractivity contribution in [2.45, 2.75) is 32.1 Å². The lowest BCUT2D eigenvalue weighted by atomic mass is 10.0. The average Bonchev–Trinajstić information content (AvgIpc) is 2.92. The molecule has 2 aliphatic rings. The van der Waals surface area contributed by atoms with Crippen LogP contribution in [0, 0.1) is 5.92 Å². The third-order valence-corrected chi connectivity index (χ3v) is 4.30. The average molecular weight is 292 g/mol. The zero-order chi connectivity index (χ0) is 13.9. The first kappa shape index (κ1) is 13.8. The molecule has 1 aliphatic carbocycles. The van der Waals surface area contributed by atoms with E-state index in [2.05, 4.69) is 11.1 Å². The number of pyridine rings is 1. The fraction of sp³-hybridized carbons (Fsp3) is 0.600. The van der Waals surface area contributed by atoms with Crippen molar-refractivity contribution in [3.05, 3.63) is 22.9 Å². The van der Waals surface area contributed by atoms with E-state index in [1.807, 2.05) is 0 Å². The third-order valence-electron chi connectivity index (χ3n) is 4.08. The smallest absolute Gasteiger partial charge is 0.224 e. The van der Waals surface area contributed by atoms with Gasteiger partial charge in [-0.2, -0.15) is 0 Å². The Morgan fingerprint density at radius 1 is 1.40 bits per heavy atom. The van der Waals surface area contributed by atoms with Gasteiger partial charge in [0.15, 0.2) is 0 Å². The van der Waals surface area contributed by atoms with Crippen LogP contribution in [-0.2, 0) is 17.6 Å². The first-order valence-corrected chi connectivity index (χ1v) is 7.68. The number of fused-ring (bicyclic) bond motifs is 1. The largest absolute Gasteiger partial charge is 0.477 e. The van der Waals surface area contributed by atoms with Crippen LogP contribution in [0.1, 0.15) is 36.1 Å². The van der Waals surface area contributed by atoms with E-state index >= 15 is 0 Å². The van der Waals surface area contributed by atoms with Crippen molar-refractivity contribution in [2.24, 2.45) is 11.7 Å². The molecule has 1 aromatic heterocycles. The maximum absolute atomic E-state index is 5.93. The van der Waals surface area contributed by atoms with Crippen LogP contribution in [0.25, 0.3) is 0 Å². The van der Waals surface area contributed by atoms with Gasteiger partial charge in [-0.25, -0.2) is 4.98 Å². The number of nitrogens with zero attached hydrogens (tertiary/aromatic N) is 1. The zero-order valence-corrected chi connectivity index (χ0v) is 12.4. The molecule has 20 heavy (non-hydrogen) atoms. The summed E-state index contributed by atoms with van der Waals surface area (Å²) in [4.78, 5) is 5.01. The monoisotopic (exact) mass is 292 g/mol. The van der Waals surface area contributed by atoms with E-state index in [1.165, 1.54) is 5.56 Å². The maximum atomic E-state index is 5.93. The van der Waals surface area contributed by atoms with Crippen molar-refractivity contribution < 1.29 is 9.47 Å². The molecule has 0 amide bonds. The lowest BCUT2D eigenvalue weighted by molar-refractivity contribution is 0.0490. The molecule has 0 atom stereocenters. The Kier molecular flexibility index (Phi) is 4.17. The van der Waals surface area contributed by atoms with E-state index in [4.69, 9.17) is 27.4 Å². The van der Waals surface area contributed by atoms with E-state index in [1.54, 1.807) is 0 Å². The molecule has 2 N–H and O–H groups in total. The molecule has 1 saturated heterocycles. The molecule has 0 aromatic carbocycles. The second kappa shape index (κ2) is 6.06. The number of hydrogen-bond donors (Lipinski definition) is 1. The van der Waals surface area contributed by atoms with E-state index in [9.17, 15) is 0 Å². The quantitative estimate of drug-likeness (QED) is 0.860. The van der Waals surface area contributed by atoms with Gasteiger partial charge in [0.2, 0.25) is 5.88 Å². The molecule has 5 heteroatoms. The van der Waals surface area contributed by atoms with Gasteiger partial charge in [-0.15, -0.1) is 0 Å². The lowest BCUT2D eigenvalue weighted by Gasteiger charge is -2.22. The molecule has 0 unspecified atom stereocenters. The topological polar surface area (TPSA) is 57.4 Å². The van der Waals surface area contributed by atoms with Gasteiger partial charge in [-0.05, 0) is 49.7 Å². The molecule has 0 radical (unpaired) electrons. The van der Waals surface area contributed by atoms with E-state index in [-0.39, 0.29) is 0 Å². The molecular weight excluding hydrogens is 272 g/mol. The summed E-state index contributed by atoms with van der Waals surface area (Å²) in [5.41, 5.74) is 9.01. The van der Waals surface area contributed by atoms with Gasteiger partial charge in [0, 0.05) is 18.9 Å². The zero-order valence-electron chi connectivity index (χ0n) is 11.6. The summed E-state index contributed by atoms with van der Waals surface area (Å²) in [6.07, 6.45) is 5.35. The number of aromatic nitrogens is 1. The summed E-state index contributed by atoms with van der Waals surface area (Å²) in [5, 5.41) is 0. The van der Waals surface area contributed by atoms with Crippen LogP contribution in [0.4, 0.5) is 0 Å². The van der Waals surface area contributed by atoms with E-state index in [0.29, 0.717) is 23.4 Å². The van der Waals surface area contributed by atoms with Gasteiger partial charge in [0.05, 0.1) is 12.2 Å². The predicted octanol–water partition coefficient (Wildman–Crippen LogP) is 2.01. The van der Waals surface area contributed by atoms with Crippen LogP contribution < -0.4 is 10.5 Å². The van der Waals surface area contributed by atoms with Gasteiger partial charge >= 0.3 is 0 Å². The summed E-state index contributed by atoms with van der Waals surface area (Å²) in [5.74, 6) is 1.16. The molecule has 1 fully saturated rings. The van der Waals surface area contributed by atoms with Crippen LogP contribution >= 0.6 is 12.2 Å². The Bertz CT molecular complexity index is 513. The van der Waals surface area contributed by atoms with Crippen LogP contribution in [0.5, 0.6) is 5.88 Å². The SMILES string of the molecule is NC(=S)c1cc2c(nc1OCC1CCOCC1)CCC2. The predicted molar refractivity (Wildman–Crippen MR) is 81.2 cm³/mol. The summed E-state index contributed by atoms with van der Waals surface area (Å²) < 4.78 is 11.3. The maximum Gasteiger partial charge on any atom is 0.224 e. The van der Waals surface area contributed by atoms with Crippen molar-refractivity contribution >= 4 is 17.2 Å². The highest BCUT2D eigenvalue weighted by atomic mass is 32.1. The standard InChI is InChI=1S/C15H20N2O2S/c16-14(20)12-8-11-2-1-3-13(11)17-15(12)19-9-10-4-6-18-7-5-10/h8,10H,1-7,9H2,(H2,16,20). The number of nitrogens with two attached hydrogens (primary N) is 1. The van der Waals surface area contributed by atoms with E-state index in [0.717, 1.165) is 56.6 Å². The molecule has 1 aromatic rings. The Morgan fingerprint density at radius 2 is 2.20 bits per heavy atom. The molecule has 108 valence electrons. The number of ether oxygens (including phenoxy) is 2. The van der Waals surface area contributed by atoms with Gasteiger partial charge in [0.1, 0.15) is 4.99 Å². The van der Waals surface area contributed by atoms with Crippen molar-refractivity contribution in [2.75, 3.05) is 19.8 Å². The Labute approximate surface area is 124 Å². The second-order valence-electron chi connectivity index (χ2n) is 5.53. The lowest BCUT2D eigenvalue weighted by Crippen LogP contribution is -2.23. The molecular formula is C15H20N2O2S. The molecule has 0 spiro atoms. The number of aryl methyl sites for hydroxylation is 2. The molecule has 3 rings (SSSR count). The Balaban J connectivity index is 1.75. The van der Waals surface area contributed by atoms with Gasteiger partial charge < -0.3 is 15.2 Å². The third kappa shape index (κ3) is 2.94. The van der Waals surface area contributed by atoms with Crippen LogP contribution in [-0.4, -0.2) is 29.8 Å². The summed E-state index contributed by atoms with van der Waals surface area (Å²) >= 11 is 5.13. The fourth-order valence-corrected chi connectivity index (χ4v) is 3.00. The fourth-order valence-electron chi connectivity index (χ4n) is 2.85. The molecule has 4 nitrogen and oxygen atoms in total. The van der Waals surface area contributed by atoms with Crippen molar-refractivity contribution in [1.82, 2.24) is 4.98 Å². The molecule has 2 heterocycles. The first-order valence-electron chi connectivity index (χ1n) is 7.27. The minimum atomic E-state index is 0.370. The number of hydrogen-bond acceptors (Lipinski definition) is 4. The van der Waals surface area contributed by atoms with Crippen LogP contribution in [0.3, 0.4) is 0 Å². The Morgan fingerprint density at radius 3 is 2.95 bits per heavy atom. The van der Waals surface area contributed by atoms with Gasteiger partial charge in [0.25, 0.3) is 0 Å². The second-order valence-corrected chi connectivity index (χ2v) is 5.97. The highest BCUT2D eigenvalue weighted by Crippen LogP contribution is 2.27. The molecule has 0 saturated carbocycles. The molecule has 0 bridgehead atoms. The Hall–Kier alpha value is -1.20. The van der Waals surface area contributed by atoms with Crippen molar-refractivity contribution in [3.63, 3.8) is 0 Å². The highest BCUT2D eigenvalue weighted by molar-refractivity contribution is 7.80. The highest BCUT2D eigenvalue weighted by Gasteiger charge is 2.20. The number of rotatable bonds is 4. The summed E-state index contributed by atoms with van der Waals surface area (Å²) in [7, 11) is 0. The normalized spacial score (nSPS) is 18.8. The van der Waals surface area contributed by atoms with Crippen molar-refractivity contribution in [1.29, 1.82) is 0 Å². The van der Waals surface area contributed by atoms with Crippen LogP contribution in [0.2, 0.25) is 0 Å².